The van der Waals surface area contributed by atoms with E-state index < -0.39 is 12.3 Å². The molecule has 0 heterocycles. The van der Waals surface area contributed by atoms with Gasteiger partial charge in [-0.05, 0) is 19.1 Å². The van der Waals surface area contributed by atoms with Crippen molar-refractivity contribution in [3.63, 3.8) is 0 Å². The maximum atomic E-state index is 12.1. The van der Waals surface area contributed by atoms with E-state index in [1.165, 1.54) is 0 Å². The first kappa shape index (κ1) is 12.8. The van der Waals surface area contributed by atoms with E-state index in [1.807, 2.05) is 30.3 Å². The van der Waals surface area contributed by atoms with Gasteiger partial charge in [-0.2, -0.15) is 13.2 Å². The van der Waals surface area contributed by atoms with Crippen molar-refractivity contribution >= 4 is 5.69 Å². The summed E-state index contributed by atoms with van der Waals surface area (Å²) in [5.41, 5.74) is 0.866. The van der Waals surface area contributed by atoms with Gasteiger partial charge in [0.2, 0.25) is 0 Å². The van der Waals surface area contributed by atoms with Crippen molar-refractivity contribution in [2.45, 2.75) is 19.2 Å². The van der Waals surface area contributed by atoms with Crippen molar-refractivity contribution in [2.24, 2.45) is 0 Å². The fourth-order valence-corrected chi connectivity index (χ4v) is 1.08. The number of nitrogens with one attached hydrogen (secondary N) is 1. The number of anilines is 1. The first-order valence-corrected chi connectivity index (χ1v) is 4.97. The molecule has 1 aromatic rings. The van der Waals surface area contributed by atoms with Gasteiger partial charge in [0.25, 0.3) is 0 Å². The summed E-state index contributed by atoms with van der Waals surface area (Å²) in [5.74, 6) is 0. The largest absolute Gasteiger partial charge is 0.414 e. The van der Waals surface area contributed by atoms with Crippen LogP contribution in [0, 0.1) is 0 Å². The smallest absolute Gasteiger partial charge is 0.383 e. The molecule has 1 N–H and O–H groups in total. The molecule has 16 heavy (non-hydrogen) atoms. The Kier molecular flexibility index (Phi) is 4.61. The molecule has 1 atom stereocenters. The second-order valence-electron chi connectivity index (χ2n) is 3.35. The van der Waals surface area contributed by atoms with Crippen LogP contribution in [-0.4, -0.2) is 25.4 Å². The Morgan fingerprint density at radius 3 is 2.44 bits per heavy atom. The van der Waals surface area contributed by atoms with E-state index in [-0.39, 0.29) is 6.61 Å². The van der Waals surface area contributed by atoms with Gasteiger partial charge in [-0.25, -0.2) is 0 Å². The molecular formula is C11H14F3NO. The van der Waals surface area contributed by atoms with E-state index in [4.69, 9.17) is 0 Å². The Hall–Kier alpha value is -1.23. The van der Waals surface area contributed by atoms with E-state index in [1.54, 1.807) is 0 Å². The Labute approximate surface area is 92.4 Å². The van der Waals surface area contributed by atoms with Gasteiger partial charge in [0, 0.05) is 12.2 Å². The van der Waals surface area contributed by atoms with E-state index in [2.05, 4.69) is 10.1 Å². The number of alkyl halides is 3. The number of halogens is 3. The van der Waals surface area contributed by atoms with Crippen molar-refractivity contribution in [2.75, 3.05) is 18.5 Å². The first-order valence-electron chi connectivity index (χ1n) is 4.97. The summed E-state index contributed by atoms with van der Waals surface area (Å²) >= 11 is 0. The van der Waals surface area contributed by atoms with Gasteiger partial charge < -0.3 is 10.1 Å². The third kappa shape index (κ3) is 4.53. The molecule has 1 unspecified atom stereocenters. The maximum absolute atomic E-state index is 12.1. The van der Waals surface area contributed by atoms with E-state index in [9.17, 15) is 13.2 Å². The van der Waals surface area contributed by atoms with Crippen molar-refractivity contribution in [3.8, 4) is 0 Å². The summed E-state index contributed by atoms with van der Waals surface area (Å²) in [7, 11) is 0. The third-order valence-corrected chi connectivity index (χ3v) is 2.03. The SMILES string of the molecule is CC(OCCNc1ccccc1)C(F)(F)F. The van der Waals surface area contributed by atoms with Gasteiger partial charge in [0.05, 0.1) is 6.61 Å². The van der Waals surface area contributed by atoms with Crippen LogP contribution < -0.4 is 5.32 Å². The van der Waals surface area contributed by atoms with Crippen LogP contribution in [0.25, 0.3) is 0 Å². The first-order chi connectivity index (χ1) is 7.50. The monoisotopic (exact) mass is 233 g/mol. The van der Waals surface area contributed by atoms with E-state index >= 15 is 0 Å². The highest BCUT2D eigenvalue weighted by Gasteiger charge is 2.36. The zero-order valence-corrected chi connectivity index (χ0v) is 8.92. The highest BCUT2D eigenvalue weighted by molar-refractivity contribution is 5.42. The number of hydrogen-bond donors (Lipinski definition) is 1. The van der Waals surface area contributed by atoms with Crippen LogP contribution in [0.3, 0.4) is 0 Å². The van der Waals surface area contributed by atoms with Gasteiger partial charge in [0.15, 0.2) is 6.10 Å². The average Bonchev–Trinajstić information content (AvgIpc) is 2.24. The average molecular weight is 233 g/mol. The number of hydrogen-bond acceptors (Lipinski definition) is 2. The Bertz CT molecular complexity index is 300. The normalized spacial score (nSPS) is 13.5. The molecule has 1 aromatic carbocycles. The molecule has 0 bridgehead atoms. The Morgan fingerprint density at radius 1 is 1.25 bits per heavy atom. The van der Waals surface area contributed by atoms with E-state index in [0.717, 1.165) is 12.6 Å². The summed E-state index contributed by atoms with van der Waals surface area (Å²) < 4.78 is 40.8. The van der Waals surface area contributed by atoms with Gasteiger partial charge in [-0.15, -0.1) is 0 Å². The standard InChI is InChI=1S/C11H14F3NO/c1-9(11(12,13)14)16-8-7-15-10-5-3-2-4-6-10/h2-6,9,15H,7-8H2,1H3. The summed E-state index contributed by atoms with van der Waals surface area (Å²) in [5, 5.41) is 2.96. The predicted octanol–water partition coefficient (Wildman–Crippen LogP) is 3.07. The van der Waals surface area contributed by atoms with Crippen LogP contribution in [0.4, 0.5) is 18.9 Å². The van der Waals surface area contributed by atoms with Gasteiger partial charge in [0.1, 0.15) is 0 Å². The molecule has 5 heteroatoms. The minimum Gasteiger partial charge on any atom is -0.383 e. The summed E-state index contributed by atoms with van der Waals surface area (Å²) in [6.07, 6.45) is -6.00. The lowest BCUT2D eigenvalue weighted by Crippen LogP contribution is -2.30. The molecule has 1 rings (SSSR count). The summed E-state index contributed by atoms with van der Waals surface area (Å²) in [6, 6.07) is 9.25. The molecule has 0 aliphatic rings. The molecule has 2 nitrogen and oxygen atoms in total. The third-order valence-electron chi connectivity index (χ3n) is 2.03. The van der Waals surface area contributed by atoms with Gasteiger partial charge in [-0.1, -0.05) is 18.2 Å². The van der Waals surface area contributed by atoms with Crippen LogP contribution in [-0.2, 0) is 4.74 Å². The maximum Gasteiger partial charge on any atom is 0.414 e. The van der Waals surface area contributed by atoms with Crippen molar-refractivity contribution in [1.82, 2.24) is 0 Å². The molecule has 0 radical (unpaired) electrons. The molecular weight excluding hydrogens is 219 g/mol. The van der Waals surface area contributed by atoms with Crippen molar-refractivity contribution in [3.05, 3.63) is 30.3 Å². The van der Waals surface area contributed by atoms with Crippen LogP contribution in [0.1, 0.15) is 6.92 Å². The second-order valence-corrected chi connectivity index (χ2v) is 3.35. The topological polar surface area (TPSA) is 21.3 Å². The minimum absolute atomic E-state index is 0.0234. The zero-order chi connectivity index (χ0) is 12.0. The lowest BCUT2D eigenvalue weighted by molar-refractivity contribution is -0.213. The quantitative estimate of drug-likeness (QED) is 0.789. The molecule has 0 saturated heterocycles. The molecule has 0 aliphatic carbocycles. The number of para-hydroxylation sites is 1. The van der Waals surface area contributed by atoms with Gasteiger partial charge >= 0.3 is 6.18 Å². The molecule has 0 spiro atoms. The van der Waals surface area contributed by atoms with Crippen LogP contribution in [0.5, 0.6) is 0 Å². The number of benzene rings is 1. The Balaban J connectivity index is 2.18. The lowest BCUT2D eigenvalue weighted by atomic mass is 10.3. The zero-order valence-electron chi connectivity index (χ0n) is 8.92. The minimum atomic E-state index is -4.28. The van der Waals surface area contributed by atoms with Crippen molar-refractivity contribution < 1.29 is 17.9 Å². The van der Waals surface area contributed by atoms with Crippen LogP contribution in [0.15, 0.2) is 30.3 Å². The lowest BCUT2D eigenvalue weighted by Gasteiger charge is -2.16. The van der Waals surface area contributed by atoms with Gasteiger partial charge in [-0.3, -0.25) is 0 Å². The summed E-state index contributed by atoms with van der Waals surface area (Å²) in [6.45, 7) is 1.38. The fraction of sp³-hybridized carbons (Fsp3) is 0.455. The number of rotatable bonds is 5. The molecule has 0 amide bonds. The highest BCUT2D eigenvalue weighted by Crippen LogP contribution is 2.21. The predicted molar refractivity (Wildman–Crippen MR) is 56.4 cm³/mol. The highest BCUT2D eigenvalue weighted by atomic mass is 19.4. The van der Waals surface area contributed by atoms with Crippen LogP contribution in [0.2, 0.25) is 0 Å². The molecule has 90 valence electrons. The van der Waals surface area contributed by atoms with Crippen LogP contribution >= 0.6 is 0 Å². The second kappa shape index (κ2) is 5.75. The molecule has 0 saturated carbocycles. The molecule has 0 fully saturated rings. The number of ether oxygens (including phenoxy) is 1. The Morgan fingerprint density at radius 2 is 1.88 bits per heavy atom. The van der Waals surface area contributed by atoms with E-state index in [0.29, 0.717) is 6.54 Å². The summed E-state index contributed by atoms with van der Waals surface area (Å²) in [4.78, 5) is 0. The molecule has 0 aliphatic heterocycles. The molecule has 0 aromatic heterocycles. The van der Waals surface area contributed by atoms with Crippen molar-refractivity contribution in [1.29, 1.82) is 0 Å². The fourth-order valence-electron chi connectivity index (χ4n) is 1.08.